The van der Waals surface area contributed by atoms with Crippen molar-refractivity contribution in [3.8, 4) is 17.4 Å². The van der Waals surface area contributed by atoms with E-state index in [1.54, 1.807) is 53.5 Å². The second-order valence-corrected chi connectivity index (χ2v) is 6.54. The van der Waals surface area contributed by atoms with Crippen LogP contribution in [0.2, 0.25) is 0 Å². The molecule has 3 aromatic heterocycles. The SMILES string of the molecule is Cc1ccc(Oc2cccc(C(=O)NCCNc3cc(-n4cccn4)ncn3)c2)nn1. The second kappa shape index (κ2) is 9.44. The van der Waals surface area contributed by atoms with Crippen molar-refractivity contribution in [2.24, 2.45) is 0 Å². The molecule has 0 radical (unpaired) electrons. The van der Waals surface area contributed by atoms with Gasteiger partial charge in [-0.3, -0.25) is 4.79 Å². The summed E-state index contributed by atoms with van der Waals surface area (Å²) in [5, 5.41) is 18.1. The molecule has 0 bridgehead atoms. The monoisotopic (exact) mass is 416 g/mol. The van der Waals surface area contributed by atoms with E-state index >= 15 is 0 Å². The number of carbonyl (C=O) groups excluding carboxylic acids is 1. The average Bonchev–Trinajstić information content (AvgIpc) is 3.34. The standard InChI is InChI=1S/C21H20N8O2/c1-15-6-7-20(28-27-15)31-17-5-2-4-16(12-17)21(30)23-10-9-22-18-13-19(25-14-24-18)29-11-3-8-26-29/h2-8,11-14H,9-10H2,1H3,(H,23,30)(H,22,24,25). The van der Waals surface area contributed by atoms with E-state index in [0.29, 0.717) is 41.9 Å². The molecule has 4 rings (SSSR count). The van der Waals surface area contributed by atoms with E-state index < -0.39 is 0 Å². The third kappa shape index (κ3) is 5.38. The van der Waals surface area contributed by atoms with Gasteiger partial charge in [0.05, 0.1) is 5.69 Å². The molecule has 156 valence electrons. The number of aryl methyl sites for hydroxylation is 1. The van der Waals surface area contributed by atoms with Gasteiger partial charge in [0.15, 0.2) is 5.82 Å². The molecule has 0 saturated heterocycles. The van der Waals surface area contributed by atoms with E-state index in [9.17, 15) is 4.79 Å². The topological polar surface area (TPSA) is 120 Å². The number of ether oxygens (including phenoxy) is 1. The average molecular weight is 416 g/mol. The van der Waals surface area contributed by atoms with Gasteiger partial charge in [-0.05, 0) is 37.3 Å². The van der Waals surface area contributed by atoms with E-state index in [4.69, 9.17) is 4.74 Å². The Morgan fingerprint density at radius 1 is 1.06 bits per heavy atom. The van der Waals surface area contributed by atoms with Crippen LogP contribution in [0, 0.1) is 6.92 Å². The molecule has 4 aromatic rings. The van der Waals surface area contributed by atoms with Crippen molar-refractivity contribution >= 4 is 11.7 Å². The third-order valence-corrected chi connectivity index (χ3v) is 4.20. The maximum atomic E-state index is 12.5. The fourth-order valence-corrected chi connectivity index (χ4v) is 2.70. The van der Waals surface area contributed by atoms with Crippen molar-refractivity contribution in [3.63, 3.8) is 0 Å². The first-order valence-corrected chi connectivity index (χ1v) is 9.60. The van der Waals surface area contributed by atoms with Crippen LogP contribution in [-0.4, -0.2) is 48.9 Å². The predicted molar refractivity (Wildman–Crippen MR) is 113 cm³/mol. The Hall–Kier alpha value is -4.34. The van der Waals surface area contributed by atoms with E-state index in [1.807, 2.05) is 19.1 Å². The molecule has 10 nitrogen and oxygen atoms in total. The number of anilines is 1. The molecule has 1 amide bonds. The van der Waals surface area contributed by atoms with Crippen LogP contribution in [0.4, 0.5) is 5.82 Å². The maximum absolute atomic E-state index is 12.5. The maximum Gasteiger partial charge on any atom is 0.251 e. The number of nitrogens with zero attached hydrogens (tertiary/aromatic N) is 6. The minimum absolute atomic E-state index is 0.206. The van der Waals surface area contributed by atoms with Gasteiger partial charge in [0.25, 0.3) is 5.91 Å². The van der Waals surface area contributed by atoms with Crippen LogP contribution in [0.5, 0.6) is 11.6 Å². The third-order valence-electron chi connectivity index (χ3n) is 4.20. The molecule has 1 aromatic carbocycles. The molecular weight excluding hydrogens is 396 g/mol. The molecule has 0 aliphatic heterocycles. The zero-order valence-electron chi connectivity index (χ0n) is 16.8. The molecular formula is C21H20N8O2. The minimum Gasteiger partial charge on any atom is -0.438 e. The van der Waals surface area contributed by atoms with E-state index in [1.165, 1.54) is 6.33 Å². The summed E-state index contributed by atoms with van der Waals surface area (Å²) in [5.74, 6) is 1.97. The fraction of sp³-hybridized carbons (Fsp3) is 0.143. The molecule has 31 heavy (non-hydrogen) atoms. The van der Waals surface area contributed by atoms with Crippen molar-refractivity contribution in [1.29, 1.82) is 0 Å². The highest BCUT2D eigenvalue weighted by molar-refractivity contribution is 5.94. The van der Waals surface area contributed by atoms with Crippen LogP contribution < -0.4 is 15.4 Å². The van der Waals surface area contributed by atoms with Gasteiger partial charge in [-0.1, -0.05) is 6.07 Å². The molecule has 0 spiro atoms. The molecule has 0 unspecified atom stereocenters. The Morgan fingerprint density at radius 2 is 2.00 bits per heavy atom. The lowest BCUT2D eigenvalue weighted by molar-refractivity contribution is 0.0955. The summed E-state index contributed by atoms with van der Waals surface area (Å²) >= 11 is 0. The molecule has 3 heterocycles. The quantitative estimate of drug-likeness (QED) is 0.420. The lowest BCUT2D eigenvalue weighted by atomic mass is 10.2. The zero-order valence-corrected chi connectivity index (χ0v) is 16.8. The van der Waals surface area contributed by atoms with Crippen LogP contribution in [-0.2, 0) is 0 Å². The first kappa shape index (κ1) is 20.0. The molecule has 0 fully saturated rings. The molecule has 0 aliphatic rings. The van der Waals surface area contributed by atoms with Gasteiger partial charge in [-0.15, -0.1) is 5.10 Å². The van der Waals surface area contributed by atoms with Crippen molar-refractivity contribution in [2.75, 3.05) is 18.4 Å². The van der Waals surface area contributed by atoms with Crippen LogP contribution in [0.25, 0.3) is 5.82 Å². The molecule has 0 atom stereocenters. The smallest absolute Gasteiger partial charge is 0.251 e. The van der Waals surface area contributed by atoms with Gasteiger partial charge in [0.1, 0.15) is 17.9 Å². The largest absolute Gasteiger partial charge is 0.438 e. The number of benzene rings is 1. The number of rotatable bonds is 8. The van der Waals surface area contributed by atoms with Crippen LogP contribution in [0.3, 0.4) is 0 Å². The Bertz CT molecular complexity index is 1150. The van der Waals surface area contributed by atoms with Gasteiger partial charge in [0, 0.05) is 43.2 Å². The van der Waals surface area contributed by atoms with E-state index in [-0.39, 0.29) is 5.91 Å². The first-order valence-electron chi connectivity index (χ1n) is 9.60. The summed E-state index contributed by atoms with van der Waals surface area (Å²) in [5.41, 5.74) is 1.29. The van der Waals surface area contributed by atoms with Crippen molar-refractivity contribution in [2.45, 2.75) is 6.92 Å². The molecule has 0 saturated carbocycles. The highest BCUT2D eigenvalue weighted by Crippen LogP contribution is 2.20. The number of nitrogens with one attached hydrogen (secondary N) is 2. The summed E-state index contributed by atoms with van der Waals surface area (Å²) in [6.07, 6.45) is 4.94. The lowest BCUT2D eigenvalue weighted by Crippen LogP contribution is -2.28. The van der Waals surface area contributed by atoms with Gasteiger partial charge < -0.3 is 15.4 Å². The summed E-state index contributed by atoms with van der Waals surface area (Å²) in [7, 11) is 0. The summed E-state index contributed by atoms with van der Waals surface area (Å²) < 4.78 is 7.31. The Labute approximate surface area is 178 Å². The number of hydrogen-bond acceptors (Lipinski definition) is 8. The van der Waals surface area contributed by atoms with Crippen LogP contribution >= 0.6 is 0 Å². The first-order chi connectivity index (χ1) is 15.2. The minimum atomic E-state index is -0.206. The highest BCUT2D eigenvalue weighted by atomic mass is 16.5. The number of carbonyl (C=O) groups is 1. The Kier molecular flexibility index (Phi) is 6.08. The predicted octanol–water partition coefficient (Wildman–Crippen LogP) is 2.39. The zero-order chi connectivity index (χ0) is 21.5. The molecule has 10 heteroatoms. The van der Waals surface area contributed by atoms with Crippen LogP contribution in [0.15, 0.2) is 67.3 Å². The van der Waals surface area contributed by atoms with Crippen molar-refractivity contribution < 1.29 is 9.53 Å². The van der Waals surface area contributed by atoms with Gasteiger partial charge >= 0.3 is 0 Å². The molecule has 2 N–H and O–H groups in total. The van der Waals surface area contributed by atoms with Gasteiger partial charge in [-0.2, -0.15) is 10.2 Å². The summed E-state index contributed by atoms with van der Waals surface area (Å²) in [4.78, 5) is 20.8. The summed E-state index contributed by atoms with van der Waals surface area (Å²) in [6.45, 7) is 2.75. The van der Waals surface area contributed by atoms with Crippen LogP contribution in [0.1, 0.15) is 16.1 Å². The number of aromatic nitrogens is 6. The van der Waals surface area contributed by atoms with Crippen molar-refractivity contribution in [1.82, 2.24) is 35.3 Å². The van der Waals surface area contributed by atoms with E-state index in [2.05, 4.69) is 35.9 Å². The highest BCUT2D eigenvalue weighted by Gasteiger charge is 2.08. The number of hydrogen-bond donors (Lipinski definition) is 2. The van der Waals surface area contributed by atoms with Crippen molar-refractivity contribution in [3.05, 3.63) is 78.5 Å². The van der Waals surface area contributed by atoms with Gasteiger partial charge in [0.2, 0.25) is 5.88 Å². The Balaban J connectivity index is 1.28. The van der Waals surface area contributed by atoms with E-state index in [0.717, 1.165) is 5.69 Å². The number of amides is 1. The second-order valence-electron chi connectivity index (χ2n) is 6.54. The normalized spacial score (nSPS) is 10.5. The van der Waals surface area contributed by atoms with Gasteiger partial charge in [-0.25, -0.2) is 14.6 Å². The fourth-order valence-electron chi connectivity index (χ4n) is 2.70. The lowest BCUT2D eigenvalue weighted by Gasteiger charge is -2.09. The Morgan fingerprint density at radius 3 is 2.81 bits per heavy atom. The summed E-state index contributed by atoms with van der Waals surface area (Å²) in [6, 6.07) is 14.0. The molecule has 0 aliphatic carbocycles.